The molecule has 120 valence electrons. The van der Waals surface area contributed by atoms with Crippen LogP contribution in [0, 0.1) is 17.1 Å². The highest BCUT2D eigenvalue weighted by Crippen LogP contribution is 2.27. The van der Waals surface area contributed by atoms with Crippen molar-refractivity contribution in [1.82, 2.24) is 5.43 Å². The maximum Gasteiger partial charge on any atom is 0.191 e. The Hall–Kier alpha value is -3.04. The molecule has 6 heteroatoms. The van der Waals surface area contributed by atoms with Crippen LogP contribution in [0.4, 0.5) is 10.1 Å². The monoisotopic (exact) mass is 323 g/mol. The van der Waals surface area contributed by atoms with E-state index in [0.717, 1.165) is 0 Å². The first-order chi connectivity index (χ1) is 11.5. The normalized spacial score (nSPS) is 16.5. The highest BCUT2D eigenvalue weighted by molar-refractivity contribution is 6.17. The number of benzene rings is 2. The summed E-state index contributed by atoms with van der Waals surface area (Å²) >= 11 is 0. The number of nitriles is 1. The van der Waals surface area contributed by atoms with Gasteiger partial charge in [-0.15, -0.1) is 0 Å². The number of hydrazine groups is 1. The van der Waals surface area contributed by atoms with Crippen molar-refractivity contribution in [3.05, 3.63) is 65.0 Å². The fourth-order valence-corrected chi connectivity index (χ4v) is 2.70. The predicted octanol–water partition coefficient (Wildman–Crippen LogP) is 2.36. The second kappa shape index (κ2) is 6.22. The van der Waals surface area contributed by atoms with Gasteiger partial charge < -0.3 is 5.01 Å². The molecule has 0 radical (unpaired) electrons. The number of hydrogen-bond acceptors (Lipinski definition) is 5. The van der Waals surface area contributed by atoms with E-state index in [2.05, 4.69) is 5.43 Å². The van der Waals surface area contributed by atoms with Gasteiger partial charge in [0.05, 0.1) is 17.8 Å². The number of hydrogen-bond donors (Lipinski definition) is 1. The van der Waals surface area contributed by atoms with Gasteiger partial charge >= 0.3 is 0 Å². The number of rotatable bonds is 3. The number of Topliss-reactive ketones (excluding diaryl/α,β-unsaturated/α-hetero) is 2. The molecular weight excluding hydrogens is 309 g/mol. The van der Waals surface area contributed by atoms with Gasteiger partial charge in [0.25, 0.3) is 0 Å². The van der Waals surface area contributed by atoms with E-state index in [-0.39, 0.29) is 23.7 Å². The number of nitrogens with zero attached hydrogens (tertiary/aromatic N) is 2. The van der Waals surface area contributed by atoms with Gasteiger partial charge in [-0.2, -0.15) is 5.26 Å². The summed E-state index contributed by atoms with van der Waals surface area (Å²) in [6.45, 7) is 1.64. The molecule has 2 aromatic carbocycles. The zero-order valence-electron chi connectivity index (χ0n) is 12.9. The van der Waals surface area contributed by atoms with Crippen molar-refractivity contribution in [2.75, 3.05) is 5.01 Å². The molecule has 1 heterocycles. The SMILES string of the molecule is CC(=O)C1NN(Cc2ccc(F)c(C#N)c2)c2ccccc2C1=O. The minimum absolute atomic E-state index is 0.0445. The van der Waals surface area contributed by atoms with Gasteiger partial charge in [-0.1, -0.05) is 18.2 Å². The van der Waals surface area contributed by atoms with Crippen LogP contribution in [0.25, 0.3) is 0 Å². The zero-order chi connectivity index (χ0) is 17.3. The molecule has 2 aromatic rings. The lowest BCUT2D eigenvalue weighted by molar-refractivity contribution is -0.118. The molecule has 1 N–H and O–H groups in total. The fraction of sp³-hybridized carbons (Fsp3) is 0.167. The number of para-hydroxylation sites is 1. The van der Waals surface area contributed by atoms with Gasteiger partial charge in [-0.05, 0) is 36.8 Å². The van der Waals surface area contributed by atoms with E-state index in [9.17, 15) is 14.0 Å². The molecule has 3 rings (SSSR count). The summed E-state index contributed by atoms with van der Waals surface area (Å²) in [4.78, 5) is 24.2. The molecule has 0 aliphatic carbocycles. The van der Waals surface area contributed by atoms with E-state index in [1.807, 2.05) is 0 Å². The van der Waals surface area contributed by atoms with Crippen molar-refractivity contribution in [3.63, 3.8) is 0 Å². The van der Waals surface area contributed by atoms with Crippen molar-refractivity contribution >= 4 is 17.3 Å². The summed E-state index contributed by atoms with van der Waals surface area (Å²) in [7, 11) is 0. The summed E-state index contributed by atoms with van der Waals surface area (Å²) in [5, 5.41) is 10.6. The van der Waals surface area contributed by atoms with Crippen LogP contribution in [0.5, 0.6) is 0 Å². The zero-order valence-corrected chi connectivity index (χ0v) is 12.9. The van der Waals surface area contributed by atoms with E-state index in [4.69, 9.17) is 5.26 Å². The Kier molecular flexibility index (Phi) is 4.11. The molecule has 24 heavy (non-hydrogen) atoms. The minimum atomic E-state index is -0.948. The Morgan fingerprint density at radius 1 is 1.33 bits per heavy atom. The van der Waals surface area contributed by atoms with Crippen LogP contribution in [0.3, 0.4) is 0 Å². The number of carbonyl (C=O) groups excluding carboxylic acids is 2. The van der Waals surface area contributed by atoms with Crippen LogP contribution in [0.2, 0.25) is 0 Å². The van der Waals surface area contributed by atoms with Gasteiger partial charge in [0.2, 0.25) is 0 Å². The number of fused-ring (bicyclic) bond motifs is 1. The number of anilines is 1. The van der Waals surface area contributed by atoms with Crippen molar-refractivity contribution < 1.29 is 14.0 Å². The maximum absolute atomic E-state index is 13.5. The number of nitrogens with one attached hydrogen (secondary N) is 1. The fourth-order valence-electron chi connectivity index (χ4n) is 2.70. The molecule has 1 unspecified atom stereocenters. The molecule has 0 saturated carbocycles. The van der Waals surface area contributed by atoms with Crippen LogP contribution >= 0.6 is 0 Å². The molecule has 1 atom stereocenters. The molecule has 1 aliphatic rings. The third kappa shape index (κ3) is 2.77. The molecule has 0 saturated heterocycles. The molecular formula is C18H14FN3O2. The van der Waals surface area contributed by atoms with Crippen molar-refractivity contribution in [2.24, 2.45) is 0 Å². The standard InChI is InChI=1S/C18H14FN3O2/c1-11(23)17-18(24)14-4-2-3-5-16(14)22(21-17)10-12-6-7-15(19)13(8-12)9-20/h2-8,17,21H,10H2,1H3. The molecule has 0 aromatic heterocycles. The number of carbonyl (C=O) groups is 2. The largest absolute Gasteiger partial charge is 0.302 e. The average Bonchev–Trinajstić information content (AvgIpc) is 2.58. The Bertz CT molecular complexity index is 873. The van der Waals surface area contributed by atoms with Gasteiger partial charge in [0.1, 0.15) is 17.9 Å². The van der Waals surface area contributed by atoms with Gasteiger partial charge in [0, 0.05) is 5.56 Å². The lowest BCUT2D eigenvalue weighted by Gasteiger charge is -2.35. The quantitative estimate of drug-likeness (QED) is 0.878. The summed E-state index contributed by atoms with van der Waals surface area (Å²) in [6.07, 6.45) is 0. The van der Waals surface area contributed by atoms with Gasteiger partial charge in [-0.25, -0.2) is 9.82 Å². The maximum atomic E-state index is 13.5. The molecule has 5 nitrogen and oxygen atoms in total. The van der Waals surface area contributed by atoms with Crippen molar-refractivity contribution in [1.29, 1.82) is 5.26 Å². The average molecular weight is 323 g/mol. The minimum Gasteiger partial charge on any atom is -0.302 e. The first-order valence-electron chi connectivity index (χ1n) is 7.37. The topological polar surface area (TPSA) is 73.2 Å². The highest BCUT2D eigenvalue weighted by Gasteiger charge is 2.34. The second-order valence-corrected chi connectivity index (χ2v) is 5.57. The first-order valence-corrected chi connectivity index (χ1v) is 7.37. The van der Waals surface area contributed by atoms with Crippen LogP contribution < -0.4 is 10.4 Å². The third-order valence-electron chi connectivity index (χ3n) is 3.91. The number of ketones is 2. The highest BCUT2D eigenvalue weighted by atomic mass is 19.1. The smallest absolute Gasteiger partial charge is 0.191 e. The van der Waals surface area contributed by atoms with Crippen LogP contribution in [0.15, 0.2) is 42.5 Å². The summed E-state index contributed by atoms with van der Waals surface area (Å²) in [5.74, 6) is -1.13. The Morgan fingerprint density at radius 3 is 2.79 bits per heavy atom. The first kappa shape index (κ1) is 15.8. The van der Waals surface area contributed by atoms with Crippen molar-refractivity contribution in [2.45, 2.75) is 19.5 Å². The summed E-state index contributed by atoms with van der Waals surface area (Å²) in [5.41, 5.74) is 4.66. The molecule has 1 aliphatic heterocycles. The van der Waals surface area contributed by atoms with E-state index >= 15 is 0 Å². The summed E-state index contributed by atoms with van der Waals surface area (Å²) < 4.78 is 13.5. The van der Waals surface area contributed by atoms with E-state index in [1.54, 1.807) is 41.4 Å². The third-order valence-corrected chi connectivity index (χ3v) is 3.91. The van der Waals surface area contributed by atoms with E-state index in [0.29, 0.717) is 16.8 Å². The Balaban J connectivity index is 1.98. The lowest BCUT2D eigenvalue weighted by atomic mass is 9.97. The second-order valence-electron chi connectivity index (χ2n) is 5.57. The van der Waals surface area contributed by atoms with Crippen LogP contribution in [0.1, 0.15) is 28.4 Å². The van der Waals surface area contributed by atoms with E-state index in [1.165, 1.54) is 19.1 Å². The Labute approximate surface area is 138 Å². The van der Waals surface area contributed by atoms with E-state index < -0.39 is 11.9 Å². The van der Waals surface area contributed by atoms with Gasteiger partial charge in [0.15, 0.2) is 11.6 Å². The number of halogens is 1. The molecule has 0 fully saturated rings. The predicted molar refractivity (Wildman–Crippen MR) is 85.7 cm³/mol. The molecule has 0 bridgehead atoms. The van der Waals surface area contributed by atoms with Crippen LogP contribution in [-0.2, 0) is 11.3 Å². The molecule has 0 spiro atoms. The lowest BCUT2D eigenvalue weighted by Crippen LogP contribution is -2.55. The van der Waals surface area contributed by atoms with Gasteiger partial charge in [-0.3, -0.25) is 9.59 Å². The Morgan fingerprint density at radius 2 is 2.08 bits per heavy atom. The summed E-state index contributed by atoms with van der Waals surface area (Å²) in [6, 6.07) is 12.1. The van der Waals surface area contributed by atoms with Crippen molar-refractivity contribution in [3.8, 4) is 6.07 Å². The molecule has 0 amide bonds. The van der Waals surface area contributed by atoms with Crippen LogP contribution in [-0.4, -0.2) is 17.6 Å².